The van der Waals surface area contributed by atoms with Crippen molar-refractivity contribution in [3.05, 3.63) is 68.5 Å². The van der Waals surface area contributed by atoms with Crippen LogP contribution in [0.3, 0.4) is 0 Å². The largest absolute Gasteiger partial charge is 0.483 e. The van der Waals surface area contributed by atoms with Crippen LogP contribution in [-0.4, -0.2) is 31.3 Å². The number of thioether (sulfide) groups is 1. The SMILES string of the molecule is Cc1cc(OC(C)c2nnc(SCC(=O)Nc3ccccc3[N+](=O)[O-])n2C)cc(C)c1Cl. The van der Waals surface area contributed by atoms with Gasteiger partial charge in [0.1, 0.15) is 11.4 Å². The minimum atomic E-state index is -0.539. The number of nitro groups is 1. The van der Waals surface area contributed by atoms with Crippen LogP contribution in [0.4, 0.5) is 11.4 Å². The first kappa shape index (κ1) is 23.6. The van der Waals surface area contributed by atoms with Crippen molar-refractivity contribution < 1.29 is 14.5 Å². The first-order chi connectivity index (χ1) is 15.2. The van der Waals surface area contributed by atoms with Gasteiger partial charge in [0.15, 0.2) is 17.1 Å². The van der Waals surface area contributed by atoms with Crippen LogP contribution >= 0.6 is 23.4 Å². The Hall–Kier alpha value is -3.11. The van der Waals surface area contributed by atoms with Gasteiger partial charge in [-0.2, -0.15) is 0 Å². The van der Waals surface area contributed by atoms with E-state index in [1.165, 1.54) is 23.9 Å². The van der Waals surface area contributed by atoms with Crippen LogP contribution in [0.5, 0.6) is 5.75 Å². The lowest BCUT2D eigenvalue weighted by Gasteiger charge is -2.16. The molecule has 2 aromatic carbocycles. The molecule has 1 N–H and O–H groups in total. The van der Waals surface area contributed by atoms with E-state index in [4.69, 9.17) is 16.3 Å². The lowest BCUT2D eigenvalue weighted by atomic mass is 10.1. The van der Waals surface area contributed by atoms with E-state index in [2.05, 4.69) is 15.5 Å². The number of hydrogen-bond donors (Lipinski definition) is 1. The molecule has 1 atom stereocenters. The Morgan fingerprint density at radius 1 is 1.28 bits per heavy atom. The fourth-order valence-electron chi connectivity index (χ4n) is 3.09. The van der Waals surface area contributed by atoms with E-state index in [-0.39, 0.29) is 29.1 Å². The highest BCUT2D eigenvalue weighted by atomic mass is 35.5. The van der Waals surface area contributed by atoms with Crippen LogP contribution in [0.2, 0.25) is 5.02 Å². The Morgan fingerprint density at radius 3 is 2.59 bits per heavy atom. The summed E-state index contributed by atoms with van der Waals surface area (Å²) in [7, 11) is 1.79. The maximum atomic E-state index is 12.3. The molecule has 168 valence electrons. The molecule has 3 aromatic rings. The predicted octanol–water partition coefficient (Wildman–Crippen LogP) is 4.86. The van der Waals surface area contributed by atoms with Crippen LogP contribution < -0.4 is 10.1 Å². The molecule has 0 saturated carbocycles. The predicted molar refractivity (Wildman–Crippen MR) is 123 cm³/mol. The van der Waals surface area contributed by atoms with Gasteiger partial charge in [-0.1, -0.05) is 35.5 Å². The minimum absolute atomic E-state index is 0.0167. The monoisotopic (exact) mass is 475 g/mol. The van der Waals surface area contributed by atoms with Crippen LogP contribution in [-0.2, 0) is 11.8 Å². The second-order valence-electron chi connectivity index (χ2n) is 7.14. The van der Waals surface area contributed by atoms with Crippen LogP contribution in [0.25, 0.3) is 0 Å². The number of carbonyl (C=O) groups excluding carboxylic acids is 1. The number of hydrogen-bond acceptors (Lipinski definition) is 7. The van der Waals surface area contributed by atoms with Crippen molar-refractivity contribution in [3.8, 4) is 5.75 Å². The van der Waals surface area contributed by atoms with Crippen molar-refractivity contribution in [1.29, 1.82) is 0 Å². The standard InChI is InChI=1S/C21H22ClN5O4S/c1-12-9-15(10-13(2)19(12)22)31-14(3)20-24-25-21(26(20)4)32-11-18(28)23-16-7-5-6-8-17(16)27(29)30/h5-10,14H,11H2,1-4H3,(H,23,28). The molecule has 0 saturated heterocycles. The summed E-state index contributed by atoms with van der Waals surface area (Å²) in [5, 5.41) is 23.2. The molecule has 0 bridgehead atoms. The molecule has 32 heavy (non-hydrogen) atoms. The lowest BCUT2D eigenvalue weighted by molar-refractivity contribution is -0.383. The highest BCUT2D eigenvalue weighted by Crippen LogP contribution is 2.29. The Labute approximate surface area is 194 Å². The normalized spacial score (nSPS) is 11.8. The van der Waals surface area contributed by atoms with E-state index < -0.39 is 4.92 Å². The van der Waals surface area contributed by atoms with Gasteiger partial charge in [0, 0.05) is 18.1 Å². The molecule has 0 aliphatic carbocycles. The summed E-state index contributed by atoms with van der Waals surface area (Å²) in [5.74, 6) is 0.906. The minimum Gasteiger partial charge on any atom is -0.483 e. The average molecular weight is 476 g/mol. The molecule has 11 heteroatoms. The molecule has 3 rings (SSSR count). The highest BCUT2D eigenvalue weighted by Gasteiger charge is 2.20. The summed E-state index contributed by atoms with van der Waals surface area (Å²) in [6, 6.07) is 9.72. The van der Waals surface area contributed by atoms with Crippen LogP contribution in [0, 0.1) is 24.0 Å². The fraction of sp³-hybridized carbons (Fsp3) is 0.286. The summed E-state index contributed by atoms with van der Waals surface area (Å²) in [6.07, 6.45) is -0.386. The van der Waals surface area contributed by atoms with E-state index in [0.717, 1.165) is 11.1 Å². The van der Waals surface area contributed by atoms with Gasteiger partial charge >= 0.3 is 0 Å². The van der Waals surface area contributed by atoms with Gasteiger partial charge in [0.25, 0.3) is 5.69 Å². The van der Waals surface area contributed by atoms with E-state index in [9.17, 15) is 14.9 Å². The molecule has 1 aromatic heterocycles. The van der Waals surface area contributed by atoms with E-state index in [1.807, 2.05) is 32.9 Å². The number of amides is 1. The summed E-state index contributed by atoms with van der Waals surface area (Å²) in [6.45, 7) is 5.69. The number of anilines is 1. The van der Waals surface area contributed by atoms with Gasteiger partial charge in [0.05, 0.1) is 10.7 Å². The molecule has 0 aliphatic rings. The Bertz CT molecular complexity index is 1140. The van der Waals surface area contributed by atoms with Crippen molar-refractivity contribution in [2.45, 2.75) is 32.0 Å². The van der Waals surface area contributed by atoms with Crippen molar-refractivity contribution in [2.75, 3.05) is 11.1 Å². The molecule has 0 aliphatic heterocycles. The summed E-state index contributed by atoms with van der Waals surface area (Å²) >= 11 is 7.39. The second kappa shape index (κ2) is 10.0. The maximum Gasteiger partial charge on any atom is 0.292 e. The van der Waals surface area contributed by atoms with Crippen molar-refractivity contribution >= 4 is 40.6 Å². The van der Waals surface area contributed by atoms with Gasteiger partial charge in [0.2, 0.25) is 5.91 Å². The van der Waals surface area contributed by atoms with Crippen molar-refractivity contribution in [3.63, 3.8) is 0 Å². The third-order valence-corrected chi connectivity index (χ3v) is 6.28. The molecular weight excluding hydrogens is 454 g/mol. The number of halogens is 1. The van der Waals surface area contributed by atoms with Crippen molar-refractivity contribution in [2.24, 2.45) is 7.05 Å². The van der Waals surface area contributed by atoms with Gasteiger partial charge < -0.3 is 14.6 Å². The zero-order chi connectivity index (χ0) is 23.4. The number of nitro benzene ring substituents is 1. The number of benzene rings is 2. The zero-order valence-corrected chi connectivity index (χ0v) is 19.5. The fourth-order valence-corrected chi connectivity index (χ4v) is 3.92. The molecule has 0 radical (unpaired) electrons. The summed E-state index contributed by atoms with van der Waals surface area (Å²) in [5.41, 5.74) is 1.84. The Kier molecular flexibility index (Phi) is 7.37. The highest BCUT2D eigenvalue weighted by molar-refractivity contribution is 7.99. The van der Waals surface area contributed by atoms with Crippen LogP contribution in [0.15, 0.2) is 41.6 Å². The Balaban J connectivity index is 1.63. The Morgan fingerprint density at radius 2 is 1.94 bits per heavy atom. The van der Waals surface area contributed by atoms with Gasteiger partial charge in [-0.05, 0) is 50.1 Å². The first-order valence-electron chi connectivity index (χ1n) is 9.66. The zero-order valence-electron chi connectivity index (χ0n) is 18.0. The molecular formula is C21H22ClN5O4S. The smallest absolute Gasteiger partial charge is 0.292 e. The maximum absolute atomic E-state index is 12.3. The first-order valence-corrected chi connectivity index (χ1v) is 11.0. The summed E-state index contributed by atoms with van der Waals surface area (Å²) < 4.78 is 7.77. The third-order valence-electron chi connectivity index (χ3n) is 4.66. The number of rotatable bonds is 8. The molecule has 9 nitrogen and oxygen atoms in total. The van der Waals surface area contributed by atoms with Crippen molar-refractivity contribution in [1.82, 2.24) is 14.8 Å². The quantitative estimate of drug-likeness (QED) is 0.281. The van der Waals surface area contributed by atoms with E-state index in [0.29, 0.717) is 21.8 Å². The number of ether oxygens (including phenoxy) is 1. The number of nitrogens with zero attached hydrogens (tertiary/aromatic N) is 4. The molecule has 1 heterocycles. The van der Waals surface area contributed by atoms with Gasteiger partial charge in [-0.3, -0.25) is 14.9 Å². The number of carbonyl (C=O) groups is 1. The van der Waals surface area contributed by atoms with E-state index >= 15 is 0 Å². The molecule has 0 fully saturated rings. The molecule has 1 unspecified atom stereocenters. The number of aromatic nitrogens is 3. The number of aryl methyl sites for hydroxylation is 2. The topological polar surface area (TPSA) is 112 Å². The molecule has 0 spiro atoms. The van der Waals surface area contributed by atoms with Gasteiger partial charge in [-0.25, -0.2) is 0 Å². The van der Waals surface area contributed by atoms with Crippen LogP contribution in [0.1, 0.15) is 30.0 Å². The van der Waals surface area contributed by atoms with E-state index in [1.54, 1.807) is 23.7 Å². The number of para-hydroxylation sites is 2. The van der Waals surface area contributed by atoms with Gasteiger partial charge in [-0.15, -0.1) is 10.2 Å². The third kappa shape index (κ3) is 5.38. The molecule has 1 amide bonds. The average Bonchev–Trinajstić information content (AvgIpc) is 3.11. The lowest BCUT2D eigenvalue weighted by Crippen LogP contribution is -2.15. The summed E-state index contributed by atoms with van der Waals surface area (Å²) in [4.78, 5) is 22.8. The second-order valence-corrected chi connectivity index (χ2v) is 8.46. The number of nitrogens with one attached hydrogen (secondary N) is 1.